The van der Waals surface area contributed by atoms with Crippen molar-refractivity contribution < 1.29 is 13.9 Å². The van der Waals surface area contributed by atoms with E-state index in [0.717, 1.165) is 0 Å². The van der Waals surface area contributed by atoms with Gasteiger partial charge in [-0.25, -0.2) is 8.78 Å². The molecule has 0 radical (unpaired) electrons. The second-order valence-electron chi connectivity index (χ2n) is 2.18. The molecule has 1 rings (SSSR count). The topological polar surface area (TPSA) is 32.3 Å². The van der Waals surface area contributed by atoms with Gasteiger partial charge >= 0.3 is 0 Å². The van der Waals surface area contributed by atoms with Crippen molar-refractivity contribution in [2.45, 2.75) is 18.4 Å². The standard InChI is InChI=1S/C5H9F2NO/c6-3-1-8-2-4(7)5(3)9/h3-5,8-9H,1-2H2/t3-,4+,5+. The monoisotopic (exact) mass is 137 g/mol. The maximum atomic E-state index is 12.3. The van der Waals surface area contributed by atoms with Gasteiger partial charge in [-0.2, -0.15) is 0 Å². The molecule has 0 amide bonds. The molecule has 3 atom stereocenters. The van der Waals surface area contributed by atoms with Gasteiger partial charge in [-0.1, -0.05) is 0 Å². The van der Waals surface area contributed by atoms with Crippen LogP contribution in [0, 0.1) is 0 Å². The van der Waals surface area contributed by atoms with E-state index in [9.17, 15) is 8.78 Å². The lowest BCUT2D eigenvalue weighted by Gasteiger charge is -2.25. The summed E-state index contributed by atoms with van der Waals surface area (Å²) in [5.74, 6) is 0. The fourth-order valence-corrected chi connectivity index (χ4v) is 0.827. The van der Waals surface area contributed by atoms with Crippen LogP contribution in [-0.4, -0.2) is 36.6 Å². The number of nitrogens with one attached hydrogen (secondary N) is 1. The van der Waals surface area contributed by atoms with E-state index >= 15 is 0 Å². The van der Waals surface area contributed by atoms with Gasteiger partial charge < -0.3 is 10.4 Å². The second-order valence-corrected chi connectivity index (χ2v) is 2.18. The molecular formula is C5H9F2NO. The van der Waals surface area contributed by atoms with E-state index in [4.69, 9.17) is 5.11 Å². The summed E-state index contributed by atoms with van der Waals surface area (Å²) in [6, 6.07) is 0. The van der Waals surface area contributed by atoms with Crippen molar-refractivity contribution in [3.8, 4) is 0 Å². The zero-order valence-corrected chi connectivity index (χ0v) is 4.85. The Bertz CT molecular complexity index is 91.0. The molecule has 2 N–H and O–H groups in total. The number of rotatable bonds is 0. The number of alkyl halides is 2. The Hall–Kier alpha value is -0.220. The lowest BCUT2D eigenvalue weighted by atomic mass is 10.1. The average Bonchev–Trinajstić information content (AvgIpc) is 1.83. The third kappa shape index (κ3) is 1.37. The van der Waals surface area contributed by atoms with Crippen molar-refractivity contribution in [3.63, 3.8) is 0 Å². The fraction of sp³-hybridized carbons (Fsp3) is 1.00. The fourth-order valence-electron chi connectivity index (χ4n) is 0.827. The van der Waals surface area contributed by atoms with Crippen LogP contribution in [0.2, 0.25) is 0 Å². The Kier molecular flexibility index (Phi) is 1.97. The first-order chi connectivity index (χ1) is 4.22. The minimum absolute atomic E-state index is 0.0571. The molecule has 1 fully saturated rings. The van der Waals surface area contributed by atoms with E-state index in [2.05, 4.69) is 5.32 Å². The maximum absolute atomic E-state index is 12.3. The van der Waals surface area contributed by atoms with E-state index in [1.165, 1.54) is 0 Å². The van der Waals surface area contributed by atoms with Gasteiger partial charge in [0.15, 0.2) is 0 Å². The molecule has 0 spiro atoms. The van der Waals surface area contributed by atoms with Crippen molar-refractivity contribution >= 4 is 0 Å². The third-order valence-corrected chi connectivity index (χ3v) is 1.42. The summed E-state index contributed by atoms with van der Waals surface area (Å²) >= 11 is 0. The molecule has 1 aliphatic heterocycles. The molecule has 0 bridgehead atoms. The average molecular weight is 137 g/mol. The Balaban J connectivity index is 2.41. The first kappa shape index (κ1) is 6.89. The lowest BCUT2D eigenvalue weighted by molar-refractivity contribution is -0.00730. The molecule has 0 aromatic heterocycles. The normalized spacial score (nSPS) is 45.0. The van der Waals surface area contributed by atoms with Gasteiger partial charge in [0, 0.05) is 13.1 Å². The number of piperidine rings is 1. The molecular weight excluding hydrogens is 128 g/mol. The molecule has 1 aliphatic rings. The number of aliphatic hydroxyl groups is 1. The molecule has 2 nitrogen and oxygen atoms in total. The van der Waals surface area contributed by atoms with E-state index in [-0.39, 0.29) is 13.1 Å². The van der Waals surface area contributed by atoms with Crippen LogP contribution < -0.4 is 5.32 Å². The Morgan fingerprint density at radius 3 is 2.00 bits per heavy atom. The van der Waals surface area contributed by atoms with Crippen LogP contribution in [0.3, 0.4) is 0 Å². The molecule has 0 aromatic carbocycles. The first-order valence-corrected chi connectivity index (χ1v) is 2.88. The highest BCUT2D eigenvalue weighted by Crippen LogP contribution is 2.10. The van der Waals surface area contributed by atoms with Crippen LogP contribution in [0.1, 0.15) is 0 Å². The summed E-state index contributed by atoms with van der Waals surface area (Å²) < 4.78 is 24.6. The van der Waals surface area contributed by atoms with Crippen LogP contribution >= 0.6 is 0 Å². The number of aliphatic hydroxyl groups excluding tert-OH is 1. The molecule has 1 heterocycles. The molecule has 9 heavy (non-hydrogen) atoms. The Morgan fingerprint density at radius 2 is 1.67 bits per heavy atom. The quantitative estimate of drug-likeness (QED) is 0.477. The molecule has 4 heteroatoms. The van der Waals surface area contributed by atoms with E-state index in [1.54, 1.807) is 0 Å². The first-order valence-electron chi connectivity index (χ1n) is 2.88. The van der Waals surface area contributed by atoms with Gasteiger partial charge in [-0.15, -0.1) is 0 Å². The van der Waals surface area contributed by atoms with Crippen molar-refractivity contribution in [2.75, 3.05) is 13.1 Å². The van der Waals surface area contributed by atoms with Crippen LogP contribution in [0.5, 0.6) is 0 Å². The Morgan fingerprint density at radius 1 is 1.22 bits per heavy atom. The number of halogens is 2. The maximum Gasteiger partial charge on any atom is 0.141 e. The summed E-state index contributed by atoms with van der Waals surface area (Å²) in [5, 5.41) is 11.2. The molecule has 0 aliphatic carbocycles. The minimum Gasteiger partial charge on any atom is -0.387 e. The predicted molar refractivity (Wildman–Crippen MR) is 28.7 cm³/mol. The summed E-state index contributed by atoms with van der Waals surface area (Å²) in [6.45, 7) is 0.114. The summed E-state index contributed by atoms with van der Waals surface area (Å²) in [5.41, 5.74) is 0. The smallest absolute Gasteiger partial charge is 0.141 e. The lowest BCUT2D eigenvalue weighted by Crippen LogP contribution is -2.49. The van der Waals surface area contributed by atoms with E-state index in [1.807, 2.05) is 0 Å². The van der Waals surface area contributed by atoms with Crippen LogP contribution in [0.4, 0.5) is 8.78 Å². The van der Waals surface area contributed by atoms with E-state index < -0.39 is 18.4 Å². The van der Waals surface area contributed by atoms with Gasteiger partial charge in [0.2, 0.25) is 0 Å². The molecule has 1 saturated heterocycles. The second kappa shape index (κ2) is 2.58. The molecule has 0 aromatic rings. The SMILES string of the molecule is O[C@H]1[C@H](F)CNC[C@@H]1F. The number of hydrogen-bond donors (Lipinski definition) is 2. The highest BCUT2D eigenvalue weighted by atomic mass is 19.1. The zero-order valence-electron chi connectivity index (χ0n) is 4.85. The summed E-state index contributed by atoms with van der Waals surface area (Å²) in [7, 11) is 0. The van der Waals surface area contributed by atoms with Crippen molar-refractivity contribution in [3.05, 3.63) is 0 Å². The zero-order chi connectivity index (χ0) is 6.85. The van der Waals surface area contributed by atoms with Crippen molar-refractivity contribution in [1.29, 1.82) is 0 Å². The van der Waals surface area contributed by atoms with Gasteiger partial charge in [-0.05, 0) is 0 Å². The highest BCUT2D eigenvalue weighted by Gasteiger charge is 2.31. The molecule has 54 valence electrons. The van der Waals surface area contributed by atoms with E-state index in [0.29, 0.717) is 0 Å². The summed E-state index contributed by atoms with van der Waals surface area (Å²) in [6.07, 6.45) is -4.33. The molecule has 0 saturated carbocycles. The van der Waals surface area contributed by atoms with Crippen LogP contribution in [0.15, 0.2) is 0 Å². The van der Waals surface area contributed by atoms with Gasteiger partial charge in [-0.3, -0.25) is 0 Å². The third-order valence-electron chi connectivity index (χ3n) is 1.42. The number of hydrogen-bond acceptors (Lipinski definition) is 2. The molecule has 0 unspecified atom stereocenters. The van der Waals surface area contributed by atoms with Crippen LogP contribution in [0.25, 0.3) is 0 Å². The highest BCUT2D eigenvalue weighted by molar-refractivity contribution is 4.84. The largest absolute Gasteiger partial charge is 0.387 e. The summed E-state index contributed by atoms with van der Waals surface area (Å²) in [4.78, 5) is 0. The minimum atomic E-state index is -1.45. The van der Waals surface area contributed by atoms with Crippen LogP contribution in [-0.2, 0) is 0 Å². The van der Waals surface area contributed by atoms with Crippen molar-refractivity contribution in [2.24, 2.45) is 0 Å². The van der Waals surface area contributed by atoms with Gasteiger partial charge in [0.05, 0.1) is 0 Å². The van der Waals surface area contributed by atoms with Gasteiger partial charge in [0.1, 0.15) is 18.4 Å². The van der Waals surface area contributed by atoms with Gasteiger partial charge in [0.25, 0.3) is 0 Å². The Labute approximate surface area is 51.9 Å². The van der Waals surface area contributed by atoms with Crippen molar-refractivity contribution in [1.82, 2.24) is 5.32 Å². The predicted octanol–water partition coefficient (Wildman–Crippen LogP) is -0.373.